The molecule has 1 aliphatic heterocycles. The summed E-state index contributed by atoms with van der Waals surface area (Å²) >= 11 is 0. The van der Waals surface area contributed by atoms with E-state index in [9.17, 15) is 13.2 Å². The molecular weight excluding hydrogens is 350 g/mol. The number of rotatable bonds is 5. The minimum Gasteiger partial charge on any atom is -0.336 e. The molecule has 1 saturated heterocycles. The van der Waals surface area contributed by atoms with E-state index in [0.717, 1.165) is 18.7 Å². The van der Waals surface area contributed by atoms with Gasteiger partial charge in [0.15, 0.2) is 0 Å². The molecule has 1 amide bonds. The highest BCUT2D eigenvalue weighted by atomic mass is 32.2. The molecule has 0 aromatic heterocycles. The normalized spacial score (nSPS) is 16.3. The Bertz CT molecular complexity index is 863. The summed E-state index contributed by atoms with van der Waals surface area (Å²) in [5.74, 6) is -0.139. The van der Waals surface area contributed by atoms with Crippen LogP contribution in [0.3, 0.4) is 0 Å². The van der Waals surface area contributed by atoms with E-state index in [-0.39, 0.29) is 16.8 Å². The minimum absolute atomic E-state index is 0.0984. The third-order valence-corrected chi connectivity index (χ3v) is 5.97. The van der Waals surface area contributed by atoms with Crippen LogP contribution in [0.5, 0.6) is 0 Å². The van der Waals surface area contributed by atoms with Gasteiger partial charge in [0.25, 0.3) is 5.91 Å². The van der Waals surface area contributed by atoms with E-state index >= 15 is 0 Å². The van der Waals surface area contributed by atoms with Gasteiger partial charge in [-0.2, -0.15) is 0 Å². The molecule has 2 aromatic rings. The minimum atomic E-state index is -3.73. The summed E-state index contributed by atoms with van der Waals surface area (Å²) in [5.41, 5.74) is 1.27. The topological polar surface area (TPSA) is 78.5 Å². The van der Waals surface area contributed by atoms with Crippen molar-refractivity contribution >= 4 is 15.9 Å². The van der Waals surface area contributed by atoms with Crippen LogP contribution >= 0.6 is 0 Å². The van der Waals surface area contributed by atoms with Gasteiger partial charge < -0.3 is 10.2 Å². The lowest BCUT2D eigenvalue weighted by Gasteiger charge is -2.27. The maximum Gasteiger partial charge on any atom is 0.253 e. The molecule has 1 unspecified atom stereocenters. The fraction of sp³-hybridized carbons (Fsp3) is 0.316. The van der Waals surface area contributed by atoms with Crippen LogP contribution in [0.25, 0.3) is 0 Å². The average Bonchev–Trinajstić information content (AvgIpc) is 2.68. The molecule has 7 heteroatoms. The van der Waals surface area contributed by atoms with Gasteiger partial charge in [-0.05, 0) is 30.7 Å². The Balaban J connectivity index is 1.78. The molecule has 3 rings (SSSR count). The Morgan fingerprint density at radius 3 is 2.46 bits per heavy atom. The first-order valence-electron chi connectivity index (χ1n) is 8.65. The second-order valence-electron chi connectivity index (χ2n) is 6.32. The zero-order valence-electron chi connectivity index (χ0n) is 14.7. The van der Waals surface area contributed by atoms with Crippen molar-refractivity contribution in [3.63, 3.8) is 0 Å². The van der Waals surface area contributed by atoms with Gasteiger partial charge in [-0.25, -0.2) is 13.1 Å². The Morgan fingerprint density at radius 2 is 1.77 bits per heavy atom. The standard InChI is InChI=1S/C19H23N3O3S/c1-15(16-6-3-2-4-7-16)21-26(24,25)18-9-5-8-17(14-18)19(23)22-12-10-20-11-13-22/h2-9,14-15,20-21H,10-13H2,1H3. The molecule has 2 N–H and O–H groups in total. The van der Waals surface area contributed by atoms with Gasteiger partial charge in [-0.15, -0.1) is 0 Å². The molecule has 1 atom stereocenters. The van der Waals surface area contributed by atoms with E-state index in [4.69, 9.17) is 0 Å². The van der Waals surface area contributed by atoms with Gasteiger partial charge in [0, 0.05) is 37.8 Å². The Hall–Kier alpha value is -2.22. The molecule has 1 fully saturated rings. The monoisotopic (exact) mass is 373 g/mol. The molecule has 0 spiro atoms. The Labute approximate surface area is 154 Å². The summed E-state index contributed by atoms with van der Waals surface area (Å²) < 4.78 is 28.1. The summed E-state index contributed by atoms with van der Waals surface area (Å²) in [6, 6.07) is 15.2. The number of nitrogens with zero attached hydrogens (tertiary/aromatic N) is 1. The second kappa shape index (κ2) is 7.99. The van der Waals surface area contributed by atoms with Gasteiger partial charge in [0.2, 0.25) is 10.0 Å². The van der Waals surface area contributed by atoms with E-state index in [2.05, 4.69) is 10.0 Å². The molecule has 2 aromatic carbocycles. The Kier molecular flexibility index (Phi) is 5.70. The molecule has 0 aliphatic carbocycles. The predicted octanol–water partition coefficient (Wildman–Crippen LogP) is 1.77. The fourth-order valence-electron chi connectivity index (χ4n) is 2.96. The average molecular weight is 373 g/mol. The third kappa shape index (κ3) is 4.30. The third-order valence-electron chi connectivity index (χ3n) is 4.43. The number of hydrogen-bond acceptors (Lipinski definition) is 4. The number of carbonyl (C=O) groups excluding carboxylic acids is 1. The SMILES string of the molecule is CC(NS(=O)(=O)c1cccc(C(=O)N2CCNCC2)c1)c1ccccc1. The first-order chi connectivity index (χ1) is 12.5. The number of amides is 1. The highest BCUT2D eigenvalue weighted by molar-refractivity contribution is 7.89. The van der Waals surface area contributed by atoms with Gasteiger partial charge in [0.1, 0.15) is 0 Å². The summed E-state index contributed by atoms with van der Waals surface area (Å²) in [7, 11) is -3.73. The van der Waals surface area contributed by atoms with E-state index in [1.165, 1.54) is 12.1 Å². The largest absolute Gasteiger partial charge is 0.336 e. The molecule has 0 bridgehead atoms. The van der Waals surface area contributed by atoms with Crippen molar-refractivity contribution in [3.8, 4) is 0 Å². The number of nitrogens with one attached hydrogen (secondary N) is 2. The lowest BCUT2D eigenvalue weighted by molar-refractivity contribution is 0.0735. The maximum absolute atomic E-state index is 12.7. The van der Waals surface area contributed by atoms with E-state index < -0.39 is 10.0 Å². The number of benzene rings is 2. The van der Waals surface area contributed by atoms with E-state index in [1.54, 1.807) is 24.0 Å². The van der Waals surface area contributed by atoms with Crippen LogP contribution in [0.1, 0.15) is 28.9 Å². The van der Waals surface area contributed by atoms with Crippen LogP contribution in [-0.4, -0.2) is 45.4 Å². The molecule has 138 valence electrons. The molecule has 0 radical (unpaired) electrons. The molecule has 6 nitrogen and oxygen atoms in total. The van der Waals surface area contributed by atoms with Crippen molar-refractivity contribution in [1.82, 2.24) is 14.9 Å². The van der Waals surface area contributed by atoms with Crippen molar-refractivity contribution < 1.29 is 13.2 Å². The molecule has 1 heterocycles. The number of hydrogen-bond donors (Lipinski definition) is 2. The van der Waals surface area contributed by atoms with Crippen LogP contribution in [-0.2, 0) is 10.0 Å². The van der Waals surface area contributed by atoms with Crippen LogP contribution in [0.15, 0.2) is 59.5 Å². The molecular formula is C19H23N3O3S. The summed E-state index contributed by atoms with van der Waals surface area (Å²) in [4.78, 5) is 14.4. The summed E-state index contributed by atoms with van der Waals surface area (Å²) in [6.45, 7) is 4.54. The highest BCUT2D eigenvalue weighted by Gasteiger charge is 2.22. The first-order valence-corrected chi connectivity index (χ1v) is 10.1. The number of sulfonamides is 1. The zero-order valence-corrected chi connectivity index (χ0v) is 15.5. The van der Waals surface area contributed by atoms with Crippen molar-refractivity contribution in [3.05, 3.63) is 65.7 Å². The van der Waals surface area contributed by atoms with Crippen LogP contribution < -0.4 is 10.0 Å². The molecule has 0 saturated carbocycles. The predicted molar refractivity (Wildman–Crippen MR) is 100 cm³/mol. The first kappa shape index (κ1) is 18.6. The van der Waals surface area contributed by atoms with Gasteiger partial charge in [-0.1, -0.05) is 36.4 Å². The van der Waals surface area contributed by atoms with Crippen LogP contribution in [0, 0.1) is 0 Å². The Morgan fingerprint density at radius 1 is 1.08 bits per heavy atom. The second-order valence-corrected chi connectivity index (χ2v) is 8.04. The quantitative estimate of drug-likeness (QED) is 0.837. The van der Waals surface area contributed by atoms with Gasteiger partial charge >= 0.3 is 0 Å². The van der Waals surface area contributed by atoms with Crippen LogP contribution in [0.2, 0.25) is 0 Å². The van der Waals surface area contributed by atoms with Crippen molar-refractivity contribution in [2.45, 2.75) is 17.9 Å². The zero-order chi connectivity index (χ0) is 18.6. The number of carbonyl (C=O) groups is 1. The van der Waals surface area contributed by atoms with Crippen molar-refractivity contribution in [2.75, 3.05) is 26.2 Å². The lowest BCUT2D eigenvalue weighted by Crippen LogP contribution is -2.46. The fourth-order valence-corrected chi connectivity index (χ4v) is 4.23. The van der Waals surface area contributed by atoms with Crippen LogP contribution in [0.4, 0.5) is 0 Å². The highest BCUT2D eigenvalue weighted by Crippen LogP contribution is 2.18. The van der Waals surface area contributed by atoms with Crippen molar-refractivity contribution in [1.29, 1.82) is 0 Å². The van der Waals surface area contributed by atoms with Gasteiger partial charge in [-0.3, -0.25) is 4.79 Å². The molecule has 1 aliphatic rings. The van der Waals surface area contributed by atoms with Crippen molar-refractivity contribution in [2.24, 2.45) is 0 Å². The lowest BCUT2D eigenvalue weighted by atomic mass is 10.1. The molecule has 26 heavy (non-hydrogen) atoms. The summed E-state index contributed by atoms with van der Waals surface area (Å²) in [6.07, 6.45) is 0. The van der Waals surface area contributed by atoms with Gasteiger partial charge in [0.05, 0.1) is 4.90 Å². The smallest absolute Gasteiger partial charge is 0.253 e. The summed E-state index contributed by atoms with van der Waals surface area (Å²) in [5, 5.41) is 3.19. The van der Waals surface area contributed by atoms with E-state index in [0.29, 0.717) is 18.7 Å². The maximum atomic E-state index is 12.7. The van der Waals surface area contributed by atoms with E-state index in [1.807, 2.05) is 30.3 Å². The number of piperazine rings is 1.